The molecule has 1 aromatic carbocycles. The third-order valence-electron chi connectivity index (χ3n) is 4.16. The number of halogens is 6. The first-order valence-corrected chi connectivity index (χ1v) is 9.67. The molecule has 0 saturated heterocycles. The first-order chi connectivity index (χ1) is 15.3. The Bertz CT molecular complexity index is 956. The van der Waals surface area contributed by atoms with E-state index in [1.165, 1.54) is 10.8 Å². The zero-order valence-corrected chi connectivity index (χ0v) is 17.5. The number of rotatable bonds is 8. The van der Waals surface area contributed by atoms with Crippen LogP contribution in [0.1, 0.15) is 37.3 Å². The summed E-state index contributed by atoms with van der Waals surface area (Å²) in [6.07, 6.45) is -6.87. The van der Waals surface area contributed by atoms with Crippen LogP contribution in [0, 0.1) is 0 Å². The van der Waals surface area contributed by atoms with Gasteiger partial charge in [0.15, 0.2) is 5.82 Å². The summed E-state index contributed by atoms with van der Waals surface area (Å²) < 4.78 is 79.9. The van der Waals surface area contributed by atoms with E-state index < -0.39 is 36.3 Å². The Morgan fingerprint density at radius 2 is 1.73 bits per heavy atom. The second-order valence-electron chi connectivity index (χ2n) is 6.88. The van der Waals surface area contributed by atoms with Gasteiger partial charge in [0.25, 0.3) is 5.91 Å². The number of hydrogen-bond donors (Lipinski definition) is 3. The van der Waals surface area contributed by atoms with E-state index in [4.69, 9.17) is 0 Å². The normalized spacial score (nSPS) is 12.7. The monoisotopic (exact) mass is 481 g/mol. The highest BCUT2D eigenvalue weighted by Gasteiger charge is 2.37. The summed E-state index contributed by atoms with van der Waals surface area (Å²) in [4.78, 5) is 28.4. The van der Waals surface area contributed by atoms with Crippen molar-refractivity contribution < 1.29 is 40.7 Å². The minimum atomic E-state index is -4.86. The molecule has 0 aliphatic carbocycles. The molecule has 0 aliphatic rings. The highest BCUT2D eigenvalue weighted by molar-refractivity contribution is 5.99. The predicted molar refractivity (Wildman–Crippen MR) is 106 cm³/mol. The summed E-state index contributed by atoms with van der Waals surface area (Å²) in [7, 11) is 0. The number of anilines is 2. The van der Waals surface area contributed by atoms with Crippen LogP contribution in [-0.2, 0) is 6.54 Å². The number of unbranched alkanes of at least 4 members (excludes halogenated alkanes) is 1. The molecule has 0 radical (unpaired) electrons. The van der Waals surface area contributed by atoms with Crippen LogP contribution in [-0.4, -0.2) is 40.1 Å². The number of benzene rings is 1. The summed E-state index contributed by atoms with van der Waals surface area (Å²) in [6.45, 7) is 2.94. The van der Waals surface area contributed by atoms with Gasteiger partial charge in [0.2, 0.25) is 5.82 Å². The summed E-state index contributed by atoms with van der Waals surface area (Å²) in [6, 6.07) is 1.37. The fraction of sp³-hybridized carbons (Fsp3) is 0.421. The van der Waals surface area contributed by atoms with Crippen LogP contribution in [0.5, 0.6) is 5.75 Å². The van der Waals surface area contributed by atoms with Crippen molar-refractivity contribution in [2.75, 3.05) is 10.6 Å². The Labute approximate surface area is 184 Å². The quantitative estimate of drug-likeness (QED) is 0.467. The molecule has 0 spiro atoms. The van der Waals surface area contributed by atoms with Crippen LogP contribution in [0.4, 0.5) is 42.6 Å². The van der Waals surface area contributed by atoms with Crippen molar-refractivity contribution in [2.24, 2.45) is 0 Å². The highest BCUT2D eigenvalue weighted by atomic mass is 19.4. The number of carbonyl (C=O) groups excluding carboxylic acids is 2. The summed E-state index contributed by atoms with van der Waals surface area (Å²) in [5.41, 5.74) is 0.129. The Balaban J connectivity index is 2.08. The zero-order chi connectivity index (χ0) is 24.8. The first kappa shape index (κ1) is 25.8. The summed E-state index contributed by atoms with van der Waals surface area (Å²) in [5.74, 6) is -1.97. The van der Waals surface area contributed by atoms with E-state index in [1.807, 2.05) is 12.2 Å². The fourth-order valence-corrected chi connectivity index (χ4v) is 2.52. The molecule has 2 rings (SSSR count). The van der Waals surface area contributed by atoms with Crippen LogP contribution in [0.3, 0.4) is 0 Å². The van der Waals surface area contributed by atoms with E-state index in [9.17, 15) is 35.9 Å². The maximum Gasteiger partial charge on any atom is 0.573 e. The van der Waals surface area contributed by atoms with Crippen molar-refractivity contribution in [3.63, 3.8) is 0 Å². The van der Waals surface area contributed by atoms with Gasteiger partial charge in [0, 0.05) is 18.4 Å². The number of carbonyl (C=O) groups is 2. The van der Waals surface area contributed by atoms with Crippen LogP contribution in [0.2, 0.25) is 0 Å². The molecule has 0 bridgehead atoms. The van der Waals surface area contributed by atoms with Crippen molar-refractivity contribution in [1.29, 1.82) is 0 Å². The number of ether oxygens (including phenoxy) is 1. The number of aryl methyl sites for hydroxylation is 1. The van der Waals surface area contributed by atoms with Gasteiger partial charge < -0.3 is 19.9 Å². The molecule has 0 fully saturated rings. The van der Waals surface area contributed by atoms with Crippen LogP contribution >= 0.6 is 0 Å². The maximum absolute atomic E-state index is 12.7. The second kappa shape index (κ2) is 10.4. The third-order valence-corrected chi connectivity index (χ3v) is 4.16. The van der Waals surface area contributed by atoms with Gasteiger partial charge in [-0.15, -0.1) is 13.2 Å². The Morgan fingerprint density at radius 1 is 1.09 bits per heavy atom. The minimum absolute atomic E-state index is 0.106. The van der Waals surface area contributed by atoms with E-state index in [1.54, 1.807) is 0 Å². The lowest BCUT2D eigenvalue weighted by Crippen LogP contribution is -2.43. The lowest BCUT2D eigenvalue weighted by Gasteiger charge is -2.17. The van der Waals surface area contributed by atoms with Gasteiger partial charge in [-0.1, -0.05) is 13.3 Å². The molecular weight excluding hydrogens is 460 g/mol. The molecule has 2 aromatic rings. The number of alkyl halides is 6. The Hall–Kier alpha value is -3.45. The molecular formula is C19H21F6N5O3. The van der Waals surface area contributed by atoms with Gasteiger partial charge in [-0.2, -0.15) is 13.2 Å². The summed E-state index contributed by atoms with van der Waals surface area (Å²) >= 11 is 0. The van der Waals surface area contributed by atoms with E-state index in [0.717, 1.165) is 37.6 Å². The van der Waals surface area contributed by atoms with Gasteiger partial charge in [-0.3, -0.25) is 10.1 Å². The van der Waals surface area contributed by atoms with Gasteiger partial charge in [0.1, 0.15) is 11.8 Å². The first-order valence-electron chi connectivity index (χ1n) is 9.67. The van der Waals surface area contributed by atoms with Gasteiger partial charge in [-0.25, -0.2) is 9.78 Å². The number of urea groups is 1. The molecule has 14 heteroatoms. The maximum atomic E-state index is 12.7. The molecule has 3 amide bonds. The topological polar surface area (TPSA) is 97.3 Å². The molecule has 0 saturated carbocycles. The average molecular weight is 481 g/mol. The van der Waals surface area contributed by atoms with E-state index in [2.05, 4.69) is 20.4 Å². The van der Waals surface area contributed by atoms with E-state index in [-0.39, 0.29) is 23.9 Å². The van der Waals surface area contributed by atoms with Crippen molar-refractivity contribution in [1.82, 2.24) is 14.9 Å². The lowest BCUT2D eigenvalue weighted by atomic mass is 10.3. The minimum Gasteiger partial charge on any atom is -0.406 e. The molecule has 0 aliphatic heterocycles. The number of hydrogen-bond acceptors (Lipinski definition) is 4. The van der Waals surface area contributed by atoms with Gasteiger partial charge in [-0.05, 0) is 37.6 Å². The smallest absolute Gasteiger partial charge is 0.406 e. The number of nitrogens with one attached hydrogen (secondary N) is 3. The SMILES string of the molecule is CCCCn1cc(NC(=O)Nc2ccc(OC(F)(F)F)cc2)nc1C(=O)NC(C)C(F)(F)F. The average Bonchev–Trinajstić information content (AvgIpc) is 3.08. The van der Waals surface area contributed by atoms with Crippen LogP contribution in [0.15, 0.2) is 30.5 Å². The fourth-order valence-electron chi connectivity index (χ4n) is 2.52. The highest BCUT2D eigenvalue weighted by Crippen LogP contribution is 2.24. The number of amides is 3. The van der Waals surface area contributed by atoms with Crippen molar-refractivity contribution in [2.45, 2.75) is 51.8 Å². The van der Waals surface area contributed by atoms with Crippen LogP contribution in [0.25, 0.3) is 0 Å². The van der Waals surface area contributed by atoms with Crippen molar-refractivity contribution in [3.8, 4) is 5.75 Å². The second-order valence-corrected chi connectivity index (χ2v) is 6.88. The largest absolute Gasteiger partial charge is 0.573 e. The van der Waals surface area contributed by atoms with Crippen molar-refractivity contribution in [3.05, 3.63) is 36.3 Å². The molecule has 1 unspecified atom stereocenters. The standard InChI is InChI=1S/C19H21F6N5O3/c1-3-4-9-30-10-14(28-15(30)16(31)26-11(2)18(20,21)22)29-17(32)27-12-5-7-13(8-6-12)33-19(23,24)25/h5-8,10-11H,3-4,9H2,1-2H3,(H,26,31)(H2,27,29,32). The number of imidazole rings is 1. The van der Waals surface area contributed by atoms with Crippen molar-refractivity contribution >= 4 is 23.4 Å². The third kappa shape index (κ3) is 8.20. The predicted octanol–water partition coefficient (Wildman–Crippen LogP) is 4.91. The number of aromatic nitrogens is 2. The molecule has 1 heterocycles. The van der Waals surface area contributed by atoms with E-state index in [0.29, 0.717) is 6.42 Å². The lowest BCUT2D eigenvalue weighted by molar-refractivity contribution is -0.274. The molecule has 8 nitrogen and oxygen atoms in total. The zero-order valence-electron chi connectivity index (χ0n) is 17.5. The Morgan fingerprint density at radius 3 is 2.27 bits per heavy atom. The Kier molecular flexibility index (Phi) is 8.17. The molecule has 182 valence electrons. The molecule has 1 atom stereocenters. The molecule has 33 heavy (non-hydrogen) atoms. The van der Waals surface area contributed by atoms with E-state index >= 15 is 0 Å². The molecule has 1 aromatic heterocycles. The number of nitrogens with zero attached hydrogens (tertiary/aromatic N) is 2. The summed E-state index contributed by atoms with van der Waals surface area (Å²) in [5, 5.41) is 6.49. The van der Waals surface area contributed by atoms with Gasteiger partial charge in [0.05, 0.1) is 0 Å². The van der Waals surface area contributed by atoms with Gasteiger partial charge >= 0.3 is 18.6 Å². The molecule has 3 N–H and O–H groups in total. The van der Waals surface area contributed by atoms with Crippen LogP contribution < -0.4 is 20.7 Å².